The summed E-state index contributed by atoms with van der Waals surface area (Å²) in [5.41, 5.74) is 9.48. The molecule has 2 amide bonds. The van der Waals surface area contributed by atoms with Gasteiger partial charge in [-0.2, -0.15) is 0 Å². The second-order valence-electron chi connectivity index (χ2n) is 6.44. The summed E-state index contributed by atoms with van der Waals surface area (Å²) in [6.07, 6.45) is 5.95. The SMILES string of the molecule is Nc1ccccc1NC(=O)C=Cc1ccc(CNC(=O)OCc2cccnc2)cc1. The lowest BCUT2D eigenvalue weighted by atomic mass is 10.1. The molecule has 0 aliphatic rings. The number of nitrogens with one attached hydrogen (secondary N) is 2. The Balaban J connectivity index is 1.44. The number of rotatable bonds is 7. The smallest absolute Gasteiger partial charge is 0.407 e. The highest BCUT2D eigenvalue weighted by Gasteiger charge is 2.04. The van der Waals surface area contributed by atoms with Gasteiger partial charge < -0.3 is 21.1 Å². The molecule has 30 heavy (non-hydrogen) atoms. The van der Waals surface area contributed by atoms with Crippen molar-refractivity contribution < 1.29 is 14.3 Å². The number of aromatic nitrogens is 1. The summed E-state index contributed by atoms with van der Waals surface area (Å²) < 4.78 is 5.14. The monoisotopic (exact) mass is 402 g/mol. The predicted molar refractivity (Wildman–Crippen MR) is 116 cm³/mol. The van der Waals surface area contributed by atoms with Crippen LogP contribution < -0.4 is 16.4 Å². The summed E-state index contributed by atoms with van der Waals surface area (Å²) in [6.45, 7) is 0.504. The van der Waals surface area contributed by atoms with Crippen molar-refractivity contribution in [2.45, 2.75) is 13.2 Å². The Morgan fingerprint density at radius 3 is 2.53 bits per heavy atom. The highest BCUT2D eigenvalue weighted by molar-refractivity contribution is 6.03. The Kier molecular flexibility index (Phi) is 7.16. The van der Waals surface area contributed by atoms with Crippen molar-refractivity contribution in [1.29, 1.82) is 0 Å². The molecular weight excluding hydrogens is 380 g/mol. The van der Waals surface area contributed by atoms with E-state index < -0.39 is 6.09 Å². The van der Waals surface area contributed by atoms with Gasteiger partial charge in [-0.15, -0.1) is 0 Å². The van der Waals surface area contributed by atoms with Gasteiger partial charge >= 0.3 is 6.09 Å². The van der Waals surface area contributed by atoms with Gasteiger partial charge in [0.05, 0.1) is 11.4 Å². The number of para-hydroxylation sites is 2. The molecule has 0 radical (unpaired) electrons. The number of ether oxygens (including phenoxy) is 1. The Morgan fingerprint density at radius 1 is 1.00 bits per heavy atom. The van der Waals surface area contributed by atoms with Gasteiger partial charge in [0, 0.05) is 30.6 Å². The van der Waals surface area contributed by atoms with Crippen LogP contribution >= 0.6 is 0 Å². The fourth-order valence-corrected chi connectivity index (χ4v) is 2.56. The Labute approximate surface area is 174 Å². The van der Waals surface area contributed by atoms with Crippen LogP contribution in [0.2, 0.25) is 0 Å². The van der Waals surface area contributed by atoms with Gasteiger partial charge in [0.15, 0.2) is 0 Å². The van der Waals surface area contributed by atoms with Crippen LogP contribution in [0.1, 0.15) is 16.7 Å². The van der Waals surface area contributed by atoms with Crippen LogP contribution in [-0.4, -0.2) is 17.0 Å². The second kappa shape index (κ2) is 10.4. The van der Waals surface area contributed by atoms with Gasteiger partial charge in [-0.05, 0) is 35.4 Å². The molecule has 1 aromatic heterocycles. The first-order valence-corrected chi connectivity index (χ1v) is 9.32. The molecule has 4 N–H and O–H groups in total. The lowest BCUT2D eigenvalue weighted by Gasteiger charge is -2.07. The molecule has 0 fully saturated rings. The minimum absolute atomic E-state index is 0.167. The quantitative estimate of drug-likeness (QED) is 0.412. The van der Waals surface area contributed by atoms with Gasteiger partial charge in [0.2, 0.25) is 5.91 Å². The lowest BCUT2D eigenvalue weighted by molar-refractivity contribution is -0.111. The summed E-state index contributed by atoms with van der Waals surface area (Å²) in [5, 5.41) is 5.43. The van der Waals surface area contributed by atoms with Crippen LogP contribution in [0.15, 0.2) is 79.1 Å². The summed E-state index contributed by atoms with van der Waals surface area (Å²) in [7, 11) is 0. The first-order valence-electron chi connectivity index (χ1n) is 9.32. The van der Waals surface area contributed by atoms with Gasteiger partial charge in [-0.3, -0.25) is 9.78 Å². The van der Waals surface area contributed by atoms with Gasteiger partial charge in [-0.25, -0.2) is 4.79 Å². The number of nitrogens with zero attached hydrogens (tertiary/aromatic N) is 1. The molecule has 2 aromatic carbocycles. The first-order chi connectivity index (χ1) is 14.6. The van der Waals surface area contributed by atoms with E-state index >= 15 is 0 Å². The van der Waals surface area contributed by atoms with Crippen molar-refractivity contribution in [3.8, 4) is 0 Å². The first kappa shape index (κ1) is 20.6. The summed E-state index contributed by atoms with van der Waals surface area (Å²) in [6, 6.07) is 18.1. The summed E-state index contributed by atoms with van der Waals surface area (Å²) >= 11 is 0. The minimum atomic E-state index is -0.500. The molecule has 0 aliphatic heterocycles. The predicted octanol–water partition coefficient (Wildman–Crippen LogP) is 3.74. The van der Waals surface area contributed by atoms with Gasteiger partial charge in [0.1, 0.15) is 6.61 Å². The van der Waals surface area contributed by atoms with Crippen LogP contribution in [0.3, 0.4) is 0 Å². The van der Waals surface area contributed by atoms with Crippen LogP contribution in [0.5, 0.6) is 0 Å². The maximum absolute atomic E-state index is 12.0. The highest BCUT2D eigenvalue weighted by atomic mass is 16.5. The largest absolute Gasteiger partial charge is 0.445 e. The maximum Gasteiger partial charge on any atom is 0.407 e. The van der Waals surface area contributed by atoms with E-state index in [4.69, 9.17) is 10.5 Å². The molecule has 0 unspecified atom stereocenters. The van der Waals surface area contributed by atoms with E-state index in [0.29, 0.717) is 17.9 Å². The third kappa shape index (κ3) is 6.49. The summed E-state index contributed by atoms with van der Waals surface area (Å²) in [5.74, 6) is -0.269. The standard InChI is InChI=1S/C23H22N4O3/c24-20-5-1-2-6-21(20)27-22(28)12-11-17-7-9-18(10-8-17)15-26-23(29)30-16-19-4-3-13-25-14-19/h1-14H,15-16,24H2,(H,26,29)(H,27,28). The fraction of sp³-hybridized carbons (Fsp3) is 0.0870. The van der Waals surface area contributed by atoms with E-state index in [-0.39, 0.29) is 12.5 Å². The van der Waals surface area contributed by atoms with E-state index in [1.165, 1.54) is 6.08 Å². The molecule has 3 aromatic rings. The highest BCUT2D eigenvalue weighted by Crippen LogP contribution is 2.16. The average Bonchev–Trinajstić information content (AvgIpc) is 2.78. The molecule has 152 valence electrons. The molecule has 0 saturated heterocycles. The van der Waals surface area contributed by atoms with E-state index in [0.717, 1.165) is 16.7 Å². The number of carbonyl (C=O) groups excluding carboxylic acids is 2. The van der Waals surface area contributed by atoms with E-state index in [9.17, 15) is 9.59 Å². The number of hydrogen-bond acceptors (Lipinski definition) is 5. The molecule has 0 spiro atoms. The third-order valence-electron chi connectivity index (χ3n) is 4.16. The van der Waals surface area contributed by atoms with Crippen LogP contribution in [0.4, 0.5) is 16.2 Å². The van der Waals surface area contributed by atoms with Crippen molar-refractivity contribution in [3.63, 3.8) is 0 Å². The Hall–Kier alpha value is -4.13. The van der Waals surface area contributed by atoms with E-state index in [1.54, 1.807) is 48.8 Å². The number of alkyl carbamates (subject to hydrolysis) is 1. The zero-order chi connectivity index (χ0) is 21.2. The molecule has 0 saturated carbocycles. The number of anilines is 2. The zero-order valence-electron chi connectivity index (χ0n) is 16.2. The molecule has 7 nitrogen and oxygen atoms in total. The van der Waals surface area contributed by atoms with Crippen LogP contribution in [0.25, 0.3) is 6.08 Å². The Bertz CT molecular complexity index is 1020. The van der Waals surface area contributed by atoms with Crippen molar-refractivity contribution >= 4 is 29.5 Å². The van der Waals surface area contributed by atoms with E-state index in [2.05, 4.69) is 15.6 Å². The lowest BCUT2D eigenvalue weighted by Crippen LogP contribution is -2.23. The van der Waals surface area contributed by atoms with Crippen molar-refractivity contribution in [2.75, 3.05) is 11.1 Å². The molecule has 0 atom stereocenters. The number of amides is 2. The number of nitrogens with two attached hydrogens (primary N) is 1. The molecule has 7 heteroatoms. The number of carbonyl (C=O) groups is 2. The average molecular weight is 402 g/mol. The molecule has 0 aliphatic carbocycles. The molecule has 1 heterocycles. The summed E-state index contributed by atoms with van der Waals surface area (Å²) in [4.78, 5) is 27.8. The molecular formula is C23H22N4O3. The minimum Gasteiger partial charge on any atom is -0.445 e. The van der Waals surface area contributed by atoms with Crippen molar-refractivity contribution in [1.82, 2.24) is 10.3 Å². The number of nitrogen functional groups attached to an aromatic ring is 1. The second-order valence-corrected chi connectivity index (χ2v) is 6.44. The van der Waals surface area contributed by atoms with Gasteiger partial charge in [0.25, 0.3) is 0 Å². The Morgan fingerprint density at radius 2 is 1.80 bits per heavy atom. The van der Waals surface area contributed by atoms with Crippen molar-refractivity contribution in [3.05, 3.63) is 95.8 Å². The normalized spacial score (nSPS) is 10.5. The third-order valence-corrected chi connectivity index (χ3v) is 4.16. The maximum atomic E-state index is 12.0. The molecule has 0 bridgehead atoms. The van der Waals surface area contributed by atoms with Crippen molar-refractivity contribution in [2.24, 2.45) is 0 Å². The van der Waals surface area contributed by atoms with Crippen LogP contribution in [-0.2, 0) is 22.7 Å². The van der Waals surface area contributed by atoms with Gasteiger partial charge in [-0.1, -0.05) is 42.5 Å². The number of benzene rings is 2. The fourth-order valence-electron chi connectivity index (χ4n) is 2.56. The molecule has 3 rings (SSSR count). The number of pyridine rings is 1. The number of hydrogen-bond donors (Lipinski definition) is 3. The topological polar surface area (TPSA) is 106 Å². The van der Waals surface area contributed by atoms with Crippen LogP contribution in [0, 0.1) is 0 Å². The van der Waals surface area contributed by atoms with E-state index in [1.807, 2.05) is 30.3 Å². The zero-order valence-corrected chi connectivity index (χ0v) is 16.2.